The topological polar surface area (TPSA) is 138 Å². The molecule has 0 fully saturated rings. The normalized spacial score (nSPS) is 11.0. The molecule has 122 valence electrons. The third-order valence-electron chi connectivity index (χ3n) is 2.75. The van der Waals surface area contributed by atoms with E-state index in [1.807, 2.05) is 0 Å². The summed E-state index contributed by atoms with van der Waals surface area (Å²) in [5.41, 5.74) is 0.0871. The lowest BCUT2D eigenvalue weighted by atomic mass is 10.2. The van der Waals surface area contributed by atoms with Crippen molar-refractivity contribution in [2.75, 3.05) is 11.6 Å². The number of benzene rings is 1. The van der Waals surface area contributed by atoms with Crippen molar-refractivity contribution in [2.24, 2.45) is 0 Å². The van der Waals surface area contributed by atoms with Crippen molar-refractivity contribution < 1.29 is 27.9 Å². The predicted molar refractivity (Wildman–Crippen MR) is 78.9 cm³/mol. The Morgan fingerprint density at radius 1 is 1.30 bits per heavy atom. The predicted octanol–water partition coefficient (Wildman–Crippen LogP) is 1.26. The van der Waals surface area contributed by atoms with Gasteiger partial charge >= 0.3 is 12.1 Å². The minimum Gasteiger partial charge on any atom is -0.477 e. The molecule has 0 unspecified atom stereocenters. The summed E-state index contributed by atoms with van der Waals surface area (Å²) < 4.78 is 27.9. The number of aromatic amines is 1. The summed E-state index contributed by atoms with van der Waals surface area (Å²) in [7, 11) is -3.84. The van der Waals surface area contributed by atoms with E-state index < -0.39 is 38.3 Å². The Labute approximate surface area is 131 Å². The van der Waals surface area contributed by atoms with Gasteiger partial charge in [0.25, 0.3) is 0 Å². The van der Waals surface area contributed by atoms with Crippen LogP contribution in [0.5, 0.6) is 0 Å². The van der Waals surface area contributed by atoms with Crippen LogP contribution >= 0.6 is 0 Å². The summed E-state index contributed by atoms with van der Waals surface area (Å²) in [6, 6.07) is 8.83. The molecule has 0 spiro atoms. The average molecular weight is 339 g/mol. The average Bonchev–Trinajstić information content (AvgIpc) is 2.90. The molecule has 0 saturated heterocycles. The molecule has 3 N–H and O–H groups in total. The van der Waals surface area contributed by atoms with E-state index in [9.17, 15) is 18.0 Å². The zero-order chi connectivity index (χ0) is 17.0. The Balaban J connectivity index is 2.12. The van der Waals surface area contributed by atoms with E-state index in [1.165, 1.54) is 0 Å². The molecule has 0 radical (unpaired) electrons. The van der Waals surface area contributed by atoms with Crippen LogP contribution in [0.3, 0.4) is 0 Å². The highest BCUT2D eigenvalue weighted by atomic mass is 32.2. The number of H-pyrrole nitrogens is 1. The molecule has 0 saturated carbocycles. The number of carboxylic acid groups (broad SMARTS) is 1. The van der Waals surface area contributed by atoms with Gasteiger partial charge in [-0.05, 0) is 5.56 Å². The minimum absolute atomic E-state index is 0.0293. The van der Waals surface area contributed by atoms with Crippen LogP contribution in [0.25, 0.3) is 0 Å². The number of aromatic carboxylic acids is 1. The second kappa shape index (κ2) is 6.48. The Hall–Kier alpha value is -2.88. The number of carboxylic acids is 1. The number of rotatable bonds is 5. The highest BCUT2D eigenvalue weighted by molar-refractivity contribution is 7.90. The molecular weight excluding hydrogens is 326 g/mol. The quantitative estimate of drug-likeness (QED) is 0.745. The molecule has 0 atom stereocenters. The van der Waals surface area contributed by atoms with E-state index in [2.05, 4.69) is 15.5 Å². The third-order valence-corrected chi connectivity index (χ3v) is 3.79. The molecule has 0 bridgehead atoms. The number of hydrogen-bond acceptors (Lipinski definition) is 6. The molecule has 2 aromatic rings. The summed E-state index contributed by atoms with van der Waals surface area (Å²) >= 11 is 0. The first kappa shape index (κ1) is 16.5. The number of nitrogens with one attached hydrogen (secondary N) is 2. The summed E-state index contributed by atoms with van der Waals surface area (Å²) in [5, 5.41) is 16.2. The summed E-state index contributed by atoms with van der Waals surface area (Å²) in [6.07, 6.45) is -0.132. The number of carbonyl (C=O) groups excluding carboxylic acids is 1. The van der Waals surface area contributed by atoms with E-state index in [4.69, 9.17) is 9.84 Å². The van der Waals surface area contributed by atoms with Gasteiger partial charge < -0.3 is 9.84 Å². The van der Waals surface area contributed by atoms with Gasteiger partial charge in [0.15, 0.2) is 20.7 Å². The van der Waals surface area contributed by atoms with E-state index in [0.717, 1.165) is 11.8 Å². The molecule has 9 nitrogen and oxygen atoms in total. The van der Waals surface area contributed by atoms with Crippen molar-refractivity contribution in [1.29, 1.82) is 0 Å². The highest BCUT2D eigenvalue weighted by Crippen LogP contribution is 2.21. The zero-order valence-electron chi connectivity index (χ0n) is 11.9. The Kier molecular flexibility index (Phi) is 4.65. The monoisotopic (exact) mass is 339 g/mol. The van der Waals surface area contributed by atoms with Crippen LogP contribution in [-0.2, 0) is 21.2 Å². The Morgan fingerprint density at radius 3 is 2.52 bits per heavy atom. The van der Waals surface area contributed by atoms with Gasteiger partial charge in [0.2, 0.25) is 0 Å². The van der Waals surface area contributed by atoms with Crippen molar-refractivity contribution in [3.63, 3.8) is 0 Å². The molecule has 1 heterocycles. The fourth-order valence-electron chi connectivity index (χ4n) is 1.74. The van der Waals surface area contributed by atoms with E-state index in [-0.39, 0.29) is 6.61 Å². The minimum atomic E-state index is -3.84. The number of aromatic nitrogens is 2. The molecule has 2 rings (SSSR count). The largest absolute Gasteiger partial charge is 0.477 e. The van der Waals surface area contributed by atoms with Crippen LogP contribution in [0.1, 0.15) is 15.9 Å². The van der Waals surface area contributed by atoms with E-state index in [0.29, 0.717) is 0 Å². The molecule has 1 amide bonds. The fraction of sp³-hybridized carbons (Fsp3) is 0.154. The van der Waals surface area contributed by atoms with Crippen LogP contribution in [0.2, 0.25) is 0 Å². The van der Waals surface area contributed by atoms with Gasteiger partial charge in [-0.25, -0.2) is 18.0 Å². The standard InChI is InChI=1S/C13H13N3O6S/c1-23(20,21)11-9(12(17)18)10(15-16-11)14-13(19)22-7-8-5-3-2-4-6-8/h2-6H,7H2,1H3,(H,17,18)(H2,14,15,16,19). The SMILES string of the molecule is CS(=O)(=O)c1[nH]nc(NC(=O)OCc2ccccc2)c1C(=O)O. The lowest BCUT2D eigenvalue weighted by Crippen LogP contribution is -2.16. The molecule has 23 heavy (non-hydrogen) atoms. The van der Waals surface area contributed by atoms with Crippen LogP contribution in [-0.4, -0.2) is 42.0 Å². The van der Waals surface area contributed by atoms with Crippen LogP contribution < -0.4 is 5.32 Å². The maximum absolute atomic E-state index is 11.7. The molecule has 10 heteroatoms. The number of hydrogen-bond donors (Lipinski definition) is 3. The van der Waals surface area contributed by atoms with Crippen molar-refractivity contribution >= 4 is 27.7 Å². The maximum Gasteiger partial charge on any atom is 0.413 e. The van der Waals surface area contributed by atoms with Gasteiger partial charge in [0.1, 0.15) is 12.2 Å². The first-order valence-corrected chi connectivity index (χ1v) is 8.17. The first-order chi connectivity index (χ1) is 10.8. The lowest BCUT2D eigenvalue weighted by molar-refractivity contribution is 0.0694. The number of ether oxygens (including phenoxy) is 1. The molecule has 1 aromatic carbocycles. The summed E-state index contributed by atoms with van der Waals surface area (Å²) in [4.78, 5) is 22.9. The van der Waals surface area contributed by atoms with Gasteiger partial charge in [-0.3, -0.25) is 10.4 Å². The third kappa shape index (κ3) is 4.07. The molecular formula is C13H13N3O6S. The number of anilines is 1. The van der Waals surface area contributed by atoms with Crippen LogP contribution in [0.15, 0.2) is 35.4 Å². The fourth-order valence-corrected chi connectivity index (χ4v) is 2.51. The second-order valence-electron chi connectivity index (χ2n) is 4.54. The number of sulfone groups is 1. The highest BCUT2D eigenvalue weighted by Gasteiger charge is 2.27. The van der Waals surface area contributed by atoms with Gasteiger partial charge in [0.05, 0.1) is 0 Å². The van der Waals surface area contributed by atoms with Crippen molar-refractivity contribution in [3.05, 3.63) is 41.5 Å². The van der Waals surface area contributed by atoms with Gasteiger partial charge in [0, 0.05) is 6.26 Å². The second-order valence-corrected chi connectivity index (χ2v) is 6.49. The Morgan fingerprint density at radius 2 is 1.96 bits per heavy atom. The molecule has 0 aliphatic rings. The first-order valence-electron chi connectivity index (χ1n) is 6.28. The van der Waals surface area contributed by atoms with E-state index in [1.54, 1.807) is 30.3 Å². The zero-order valence-corrected chi connectivity index (χ0v) is 12.8. The smallest absolute Gasteiger partial charge is 0.413 e. The van der Waals surface area contributed by atoms with Crippen molar-refractivity contribution in [3.8, 4) is 0 Å². The Bertz CT molecular complexity index is 829. The number of carbonyl (C=O) groups is 2. The number of amides is 1. The molecule has 0 aliphatic heterocycles. The maximum atomic E-state index is 11.7. The number of nitrogens with zero attached hydrogens (tertiary/aromatic N) is 1. The van der Waals surface area contributed by atoms with Crippen LogP contribution in [0, 0.1) is 0 Å². The molecule has 1 aromatic heterocycles. The summed E-state index contributed by atoms with van der Waals surface area (Å²) in [6.45, 7) is -0.0293. The van der Waals surface area contributed by atoms with Crippen molar-refractivity contribution in [2.45, 2.75) is 11.6 Å². The van der Waals surface area contributed by atoms with Gasteiger partial charge in [-0.2, -0.15) is 5.10 Å². The van der Waals surface area contributed by atoms with Gasteiger partial charge in [-0.1, -0.05) is 30.3 Å². The molecule has 0 aliphatic carbocycles. The lowest BCUT2D eigenvalue weighted by Gasteiger charge is -2.06. The summed E-state index contributed by atoms with van der Waals surface area (Å²) in [5.74, 6) is -1.98. The van der Waals surface area contributed by atoms with Gasteiger partial charge in [-0.15, -0.1) is 0 Å². The van der Waals surface area contributed by atoms with Crippen molar-refractivity contribution in [1.82, 2.24) is 10.2 Å². The van der Waals surface area contributed by atoms with E-state index >= 15 is 0 Å². The van der Waals surface area contributed by atoms with Crippen LogP contribution in [0.4, 0.5) is 10.6 Å².